The molecule has 0 saturated heterocycles. The predicted octanol–water partition coefficient (Wildman–Crippen LogP) is 8.49. The van der Waals surface area contributed by atoms with Crippen molar-refractivity contribution >= 4 is 22.1 Å². The molecule has 1 heterocycles. The van der Waals surface area contributed by atoms with Gasteiger partial charge in [0.25, 0.3) is 0 Å². The summed E-state index contributed by atoms with van der Waals surface area (Å²) < 4.78 is 76.5. The molecule has 10 heteroatoms. The van der Waals surface area contributed by atoms with E-state index < -0.39 is 36.1 Å². The van der Waals surface area contributed by atoms with Gasteiger partial charge in [0.05, 0.1) is 5.69 Å². The number of alkyl halides is 5. The van der Waals surface area contributed by atoms with Gasteiger partial charge in [-0.3, -0.25) is 0 Å². The molecule has 1 aromatic heterocycles. The molecule has 0 amide bonds. The number of phenols is 2. The summed E-state index contributed by atoms with van der Waals surface area (Å²) in [6, 6.07) is 12.5. The van der Waals surface area contributed by atoms with Crippen molar-refractivity contribution in [2.24, 2.45) is 0 Å². The maximum atomic E-state index is 12.9. The first kappa shape index (κ1) is 31.1. The molecule has 0 aliphatic rings. The summed E-state index contributed by atoms with van der Waals surface area (Å²) in [6.45, 7) is 2.84. The molecule has 0 aliphatic heterocycles. The van der Waals surface area contributed by atoms with E-state index in [1.807, 2.05) is 25.1 Å². The lowest BCUT2D eigenvalue weighted by molar-refractivity contribution is -0.284. The van der Waals surface area contributed by atoms with Crippen molar-refractivity contribution in [2.45, 2.75) is 83.4 Å². The second kappa shape index (κ2) is 13.7. The normalized spacial score (nSPS) is 13.3. The van der Waals surface area contributed by atoms with E-state index >= 15 is 0 Å². The van der Waals surface area contributed by atoms with Crippen LogP contribution in [0.2, 0.25) is 0 Å². The highest BCUT2D eigenvalue weighted by Gasteiger charge is 2.56. The van der Waals surface area contributed by atoms with E-state index in [9.17, 15) is 36.7 Å². The molecule has 39 heavy (non-hydrogen) atoms. The number of hydrogen-bond donors (Lipinski definition) is 2. The lowest BCUT2D eigenvalue weighted by Crippen LogP contribution is -2.36. The highest BCUT2D eigenvalue weighted by molar-refractivity contribution is 7.91. The Kier molecular flexibility index (Phi) is 11.0. The summed E-state index contributed by atoms with van der Waals surface area (Å²) in [5.41, 5.74) is 4.17. The van der Waals surface area contributed by atoms with Gasteiger partial charge in [0.1, 0.15) is 23.0 Å². The van der Waals surface area contributed by atoms with Gasteiger partial charge in [-0.05, 0) is 86.2 Å². The van der Waals surface area contributed by atoms with E-state index in [4.69, 9.17) is 0 Å². The van der Waals surface area contributed by atoms with Crippen LogP contribution >= 0.6 is 0 Å². The van der Waals surface area contributed by atoms with E-state index in [0.29, 0.717) is 12.2 Å². The minimum atomic E-state index is -5.55. The van der Waals surface area contributed by atoms with Gasteiger partial charge in [-0.1, -0.05) is 36.9 Å². The highest BCUT2D eigenvalue weighted by Crippen LogP contribution is 2.39. The Balaban J connectivity index is 1.39. The molecule has 0 saturated carbocycles. The third-order valence-corrected chi connectivity index (χ3v) is 8.46. The molecule has 216 valence electrons. The average molecular weight is 574 g/mol. The summed E-state index contributed by atoms with van der Waals surface area (Å²) in [5.74, 6) is -4.11. The fourth-order valence-electron chi connectivity index (χ4n) is 4.85. The molecule has 2 aromatic carbocycles. The molecule has 0 radical (unpaired) electrons. The number of unbranched alkanes of at least 4 members (excludes halogenated alkanes) is 6. The number of hydrogen-bond acceptors (Lipinski definition) is 3. The number of benzene rings is 2. The first-order valence-corrected chi connectivity index (χ1v) is 14.8. The Morgan fingerprint density at radius 1 is 0.769 bits per heavy atom. The second-order valence-electron chi connectivity index (χ2n) is 10.0. The van der Waals surface area contributed by atoms with Crippen LogP contribution in [-0.2, 0) is 17.7 Å². The molecule has 0 spiro atoms. The molecule has 3 aromatic rings. The van der Waals surface area contributed by atoms with Gasteiger partial charge in [-0.2, -0.15) is 22.0 Å². The monoisotopic (exact) mass is 573 g/mol. The minimum absolute atomic E-state index is 0.134. The minimum Gasteiger partial charge on any atom is -0.616 e. The third-order valence-electron chi connectivity index (χ3n) is 6.97. The van der Waals surface area contributed by atoms with Crippen LogP contribution in [0.5, 0.6) is 11.5 Å². The van der Waals surface area contributed by atoms with E-state index in [0.717, 1.165) is 72.8 Å². The average Bonchev–Trinajstić information content (AvgIpc) is 3.13. The number of aromatic nitrogens is 1. The van der Waals surface area contributed by atoms with Crippen LogP contribution in [0.25, 0.3) is 22.2 Å². The summed E-state index contributed by atoms with van der Waals surface area (Å²) in [4.78, 5) is 0. The van der Waals surface area contributed by atoms with Gasteiger partial charge in [0, 0.05) is 23.9 Å². The summed E-state index contributed by atoms with van der Waals surface area (Å²) in [7, 11) is 0. The Bertz CT molecular complexity index is 1190. The summed E-state index contributed by atoms with van der Waals surface area (Å²) in [6.07, 6.45) is -0.801. The maximum Gasteiger partial charge on any atom is 0.453 e. The van der Waals surface area contributed by atoms with E-state index in [2.05, 4.69) is 4.57 Å². The molecule has 1 unspecified atom stereocenters. The van der Waals surface area contributed by atoms with Gasteiger partial charge in [0.2, 0.25) is 0 Å². The van der Waals surface area contributed by atoms with Crippen LogP contribution < -0.4 is 0 Å². The van der Waals surface area contributed by atoms with Crippen molar-refractivity contribution in [1.82, 2.24) is 4.57 Å². The smallest absolute Gasteiger partial charge is 0.453 e. The fourth-order valence-corrected chi connectivity index (χ4v) is 6.05. The molecule has 4 nitrogen and oxygen atoms in total. The van der Waals surface area contributed by atoms with Crippen molar-refractivity contribution in [3.8, 4) is 22.8 Å². The van der Waals surface area contributed by atoms with Crippen molar-refractivity contribution in [2.75, 3.05) is 11.5 Å². The zero-order valence-electron chi connectivity index (χ0n) is 22.1. The van der Waals surface area contributed by atoms with Crippen molar-refractivity contribution in [3.05, 3.63) is 48.0 Å². The second-order valence-corrected chi connectivity index (χ2v) is 11.7. The Morgan fingerprint density at radius 3 is 1.97 bits per heavy atom. The van der Waals surface area contributed by atoms with Gasteiger partial charge in [0.15, 0.2) is 0 Å². The van der Waals surface area contributed by atoms with Crippen LogP contribution in [0.15, 0.2) is 42.5 Å². The SMILES string of the molecule is Cc1c(-c2ccc(O)cc2)n(CCCCCCCCC[S+]([O-])CCCC(F)(F)C(F)(F)F)c2ccc(O)cc12. The van der Waals surface area contributed by atoms with Crippen LogP contribution in [0, 0.1) is 6.92 Å². The third kappa shape index (κ3) is 8.51. The van der Waals surface area contributed by atoms with Crippen molar-refractivity contribution < 1.29 is 36.7 Å². The van der Waals surface area contributed by atoms with Gasteiger partial charge < -0.3 is 19.3 Å². The first-order chi connectivity index (χ1) is 18.4. The molecule has 3 rings (SSSR count). The van der Waals surface area contributed by atoms with Crippen LogP contribution in [0.1, 0.15) is 63.4 Å². The lowest BCUT2D eigenvalue weighted by atomic mass is 10.1. The van der Waals surface area contributed by atoms with Gasteiger partial charge in [-0.25, -0.2) is 0 Å². The number of aromatic hydroxyl groups is 2. The lowest BCUT2D eigenvalue weighted by Gasteiger charge is -2.19. The number of rotatable bonds is 15. The number of fused-ring (bicyclic) bond motifs is 1. The molecule has 0 aliphatic carbocycles. The van der Waals surface area contributed by atoms with Crippen molar-refractivity contribution in [3.63, 3.8) is 0 Å². The largest absolute Gasteiger partial charge is 0.616 e. The summed E-state index contributed by atoms with van der Waals surface area (Å²) in [5, 5.41) is 20.7. The Hall–Kier alpha value is -2.46. The molecule has 2 N–H and O–H groups in total. The fraction of sp³-hybridized carbons (Fsp3) is 0.517. The van der Waals surface area contributed by atoms with E-state index in [1.165, 1.54) is 0 Å². The standard InChI is InChI=1S/C29H36F5NO3S/c1-21-25-20-24(37)14-15-26(25)35(27(21)22-10-12-23(36)13-11-22)17-7-5-3-2-4-6-8-18-39(38)19-9-16-28(30,31)29(32,33)34/h10-15,20,36-37H,2-9,16-19H2,1H3. The van der Waals surface area contributed by atoms with E-state index in [1.54, 1.807) is 24.3 Å². The predicted molar refractivity (Wildman–Crippen MR) is 146 cm³/mol. The zero-order valence-corrected chi connectivity index (χ0v) is 22.9. The Labute approximate surface area is 229 Å². The number of phenolic OH excluding ortho intramolecular Hbond substituents is 2. The van der Waals surface area contributed by atoms with Gasteiger partial charge in [-0.15, -0.1) is 0 Å². The molecular formula is C29H36F5NO3S. The summed E-state index contributed by atoms with van der Waals surface area (Å²) >= 11 is -1.38. The number of halogens is 5. The highest BCUT2D eigenvalue weighted by atomic mass is 32.2. The molecule has 1 atom stereocenters. The quantitative estimate of drug-likeness (QED) is 0.109. The Morgan fingerprint density at radius 2 is 1.33 bits per heavy atom. The van der Waals surface area contributed by atoms with Crippen LogP contribution in [0.3, 0.4) is 0 Å². The van der Waals surface area contributed by atoms with Crippen LogP contribution in [0.4, 0.5) is 22.0 Å². The van der Waals surface area contributed by atoms with Crippen molar-refractivity contribution in [1.29, 1.82) is 0 Å². The van der Waals surface area contributed by atoms with E-state index in [-0.39, 0.29) is 17.3 Å². The number of aryl methyl sites for hydroxylation is 2. The molecule has 0 fully saturated rings. The number of nitrogens with zero attached hydrogens (tertiary/aromatic N) is 1. The maximum absolute atomic E-state index is 12.9. The van der Waals surface area contributed by atoms with Gasteiger partial charge >= 0.3 is 12.1 Å². The molecule has 0 bridgehead atoms. The first-order valence-electron chi connectivity index (χ1n) is 13.3. The topological polar surface area (TPSA) is 68.5 Å². The zero-order chi connectivity index (χ0) is 28.6. The van der Waals surface area contributed by atoms with Crippen LogP contribution in [-0.4, -0.2) is 42.9 Å². The molecular weight excluding hydrogens is 537 g/mol.